The lowest BCUT2D eigenvalue weighted by Gasteiger charge is -2.53. The van der Waals surface area contributed by atoms with Crippen molar-refractivity contribution in [1.82, 2.24) is 9.80 Å². The summed E-state index contributed by atoms with van der Waals surface area (Å²) in [7, 11) is 2.01. The summed E-state index contributed by atoms with van der Waals surface area (Å²) in [6.45, 7) is 2.59. The maximum atomic E-state index is 13.3. The van der Waals surface area contributed by atoms with Gasteiger partial charge in [0.05, 0.1) is 18.8 Å². The first-order valence-corrected chi connectivity index (χ1v) is 9.97. The van der Waals surface area contributed by atoms with E-state index < -0.39 is 5.60 Å². The van der Waals surface area contributed by atoms with E-state index in [2.05, 4.69) is 9.80 Å². The monoisotopic (exact) mass is 358 g/mol. The zero-order chi connectivity index (χ0) is 18.1. The van der Waals surface area contributed by atoms with Gasteiger partial charge in [0.15, 0.2) is 0 Å². The standard InChI is InChI=1S/C21H30N2O3/c1-22-13-14-26-15-19(22)20(24)23-12-11-21(25,16-7-3-2-4-8-16)17-9-5-6-10-18(17)23/h2-4,7-8,17-19,25H,5-6,9-15H2,1H3/t17-,18-,19?,21?/m0/s1. The number of benzene rings is 1. The quantitative estimate of drug-likeness (QED) is 0.879. The summed E-state index contributed by atoms with van der Waals surface area (Å²) in [5.74, 6) is 0.297. The number of piperidine rings is 1. The van der Waals surface area contributed by atoms with Crippen LogP contribution in [0.4, 0.5) is 0 Å². The Balaban J connectivity index is 1.59. The molecule has 26 heavy (non-hydrogen) atoms. The first-order chi connectivity index (χ1) is 12.6. The summed E-state index contributed by atoms with van der Waals surface area (Å²) >= 11 is 0. The van der Waals surface area contributed by atoms with Gasteiger partial charge in [0.2, 0.25) is 5.91 Å². The molecule has 1 N–H and O–H groups in total. The molecule has 1 aromatic carbocycles. The molecule has 2 saturated heterocycles. The number of aliphatic hydroxyl groups is 1. The number of nitrogens with zero attached hydrogens (tertiary/aromatic N) is 2. The lowest BCUT2D eigenvalue weighted by atomic mass is 9.66. The average molecular weight is 358 g/mol. The van der Waals surface area contributed by atoms with Crippen molar-refractivity contribution >= 4 is 5.91 Å². The van der Waals surface area contributed by atoms with Gasteiger partial charge in [-0.3, -0.25) is 9.69 Å². The third-order valence-corrected chi connectivity index (χ3v) is 6.71. The number of carbonyl (C=O) groups excluding carboxylic acids is 1. The zero-order valence-corrected chi connectivity index (χ0v) is 15.6. The van der Waals surface area contributed by atoms with E-state index in [0.29, 0.717) is 26.2 Å². The van der Waals surface area contributed by atoms with E-state index in [1.807, 2.05) is 37.4 Å². The van der Waals surface area contributed by atoms with Crippen LogP contribution in [0.2, 0.25) is 0 Å². The van der Waals surface area contributed by atoms with Gasteiger partial charge in [-0.05, 0) is 31.9 Å². The van der Waals surface area contributed by atoms with Crippen molar-refractivity contribution in [3.8, 4) is 0 Å². The van der Waals surface area contributed by atoms with Gasteiger partial charge in [-0.1, -0.05) is 43.2 Å². The van der Waals surface area contributed by atoms with Gasteiger partial charge in [0, 0.05) is 25.0 Å². The smallest absolute Gasteiger partial charge is 0.242 e. The number of hydrogen-bond donors (Lipinski definition) is 1. The highest BCUT2D eigenvalue weighted by Gasteiger charge is 2.51. The molecular weight excluding hydrogens is 328 g/mol. The van der Waals surface area contributed by atoms with E-state index >= 15 is 0 Å². The van der Waals surface area contributed by atoms with E-state index in [-0.39, 0.29) is 23.9 Å². The van der Waals surface area contributed by atoms with Gasteiger partial charge >= 0.3 is 0 Å². The molecule has 0 spiro atoms. The molecule has 1 amide bonds. The molecule has 3 fully saturated rings. The number of likely N-dealkylation sites (N-methyl/N-ethyl adjacent to an activating group) is 1. The Labute approximate surface area is 155 Å². The Hall–Kier alpha value is -1.43. The Morgan fingerprint density at radius 1 is 1.19 bits per heavy atom. The first-order valence-electron chi connectivity index (χ1n) is 9.97. The number of likely N-dealkylation sites (tertiary alicyclic amines) is 1. The largest absolute Gasteiger partial charge is 0.385 e. The van der Waals surface area contributed by atoms with Crippen molar-refractivity contribution in [2.75, 3.05) is 33.4 Å². The van der Waals surface area contributed by atoms with Crippen molar-refractivity contribution < 1.29 is 14.6 Å². The summed E-state index contributed by atoms with van der Waals surface area (Å²) in [6.07, 6.45) is 4.85. The molecular formula is C21H30N2O3. The number of carbonyl (C=O) groups is 1. The second-order valence-corrected chi connectivity index (χ2v) is 8.10. The van der Waals surface area contributed by atoms with Crippen LogP contribution in [0.3, 0.4) is 0 Å². The maximum absolute atomic E-state index is 13.3. The van der Waals surface area contributed by atoms with Crippen LogP contribution in [-0.4, -0.2) is 66.2 Å². The molecule has 1 saturated carbocycles. The van der Waals surface area contributed by atoms with Crippen LogP contribution < -0.4 is 0 Å². The molecule has 5 heteroatoms. The number of morpholine rings is 1. The molecule has 4 atom stereocenters. The first kappa shape index (κ1) is 18.0. The molecule has 0 bridgehead atoms. The van der Waals surface area contributed by atoms with Crippen LogP contribution >= 0.6 is 0 Å². The third kappa shape index (κ3) is 3.06. The third-order valence-electron chi connectivity index (χ3n) is 6.71. The number of ether oxygens (including phenoxy) is 1. The van der Waals surface area contributed by atoms with Crippen LogP contribution in [0.15, 0.2) is 30.3 Å². The summed E-state index contributed by atoms with van der Waals surface area (Å²) in [5, 5.41) is 11.6. The summed E-state index contributed by atoms with van der Waals surface area (Å²) in [4.78, 5) is 17.5. The van der Waals surface area contributed by atoms with Gasteiger partial charge < -0.3 is 14.7 Å². The fourth-order valence-corrected chi connectivity index (χ4v) is 5.18. The molecule has 0 radical (unpaired) electrons. The Kier molecular flexibility index (Phi) is 5.04. The molecule has 2 unspecified atom stereocenters. The Bertz CT molecular complexity index is 637. The maximum Gasteiger partial charge on any atom is 0.242 e. The van der Waals surface area contributed by atoms with E-state index in [9.17, 15) is 9.90 Å². The van der Waals surface area contributed by atoms with Crippen molar-refractivity contribution in [1.29, 1.82) is 0 Å². The molecule has 3 aliphatic rings. The van der Waals surface area contributed by atoms with Gasteiger partial charge in [-0.15, -0.1) is 0 Å². The zero-order valence-electron chi connectivity index (χ0n) is 15.6. The highest BCUT2D eigenvalue weighted by Crippen LogP contribution is 2.47. The Morgan fingerprint density at radius 2 is 1.96 bits per heavy atom. The summed E-state index contributed by atoms with van der Waals surface area (Å²) in [5.41, 5.74) is 0.181. The highest BCUT2D eigenvalue weighted by molar-refractivity contribution is 5.82. The van der Waals surface area contributed by atoms with Gasteiger partial charge in [0.25, 0.3) is 0 Å². The minimum Gasteiger partial charge on any atom is -0.385 e. The van der Waals surface area contributed by atoms with E-state index in [1.165, 1.54) is 0 Å². The minimum atomic E-state index is -0.821. The molecule has 4 rings (SSSR count). The number of rotatable bonds is 2. The summed E-state index contributed by atoms with van der Waals surface area (Å²) in [6, 6.07) is 9.99. The topological polar surface area (TPSA) is 53.0 Å². The average Bonchev–Trinajstić information content (AvgIpc) is 2.69. The van der Waals surface area contributed by atoms with E-state index in [4.69, 9.17) is 4.74 Å². The van der Waals surface area contributed by atoms with Gasteiger partial charge in [-0.2, -0.15) is 0 Å². The summed E-state index contributed by atoms with van der Waals surface area (Å²) < 4.78 is 5.57. The minimum absolute atomic E-state index is 0.117. The predicted molar refractivity (Wildman–Crippen MR) is 99.7 cm³/mol. The SMILES string of the molecule is CN1CCOCC1C(=O)N1CCC(O)(c2ccccc2)[C@H]2CCCC[C@@H]21. The number of hydrogen-bond acceptors (Lipinski definition) is 4. The van der Waals surface area contributed by atoms with E-state index in [1.54, 1.807) is 0 Å². The van der Waals surface area contributed by atoms with Crippen LogP contribution in [0, 0.1) is 5.92 Å². The normalized spacial score (nSPS) is 35.8. The highest BCUT2D eigenvalue weighted by atomic mass is 16.5. The molecule has 2 heterocycles. The van der Waals surface area contributed by atoms with Gasteiger partial charge in [0.1, 0.15) is 6.04 Å². The molecule has 5 nitrogen and oxygen atoms in total. The van der Waals surface area contributed by atoms with Crippen LogP contribution in [0.1, 0.15) is 37.7 Å². The molecule has 2 aliphatic heterocycles. The van der Waals surface area contributed by atoms with Crippen molar-refractivity contribution in [2.24, 2.45) is 5.92 Å². The number of amides is 1. The van der Waals surface area contributed by atoms with E-state index in [0.717, 1.165) is 37.8 Å². The second-order valence-electron chi connectivity index (χ2n) is 8.10. The molecule has 142 valence electrons. The van der Waals surface area contributed by atoms with Crippen molar-refractivity contribution in [2.45, 2.75) is 49.8 Å². The molecule has 1 aliphatic carbocycles. The fourth-order valence-electron chi connectivity index (χ4n) is 5.18. The lowest BCUT2D eigenvalue weighted by Crippen LogP contribution is -2.63. The van der Waals surface area contributed by atoms with Crippen LogP contribution in [0.25, 0.3) is 0 Å². The van der Waals surface area contributed by atoms with Crippen LogP contribution in [0.5, 0.6) is 0 Å². The van der Waals surface area contributed by atoms with Gasteiger partial charge in [-0.25, -0.2) is 0 Å². The van der Waals surface area contributed by atoms with Crippen molar-refractivity contribution in [3.05, 3.63) is 35.9 Å². The lowest BCUT2D eigenvalue weighted by molar-refractivity contribution is -0.163. The Morgan fingerprint density at radius 3 is 2.73 bits per heavy atom. The van der Waals surface area contributed by atoms with Crippen molar-refractivity contribution in [3.63, 3.8) is 0 Å². The molecule has 0 aromatic heterocycles. The fraction of sp³-hybridized carbons (Fsp3) is 0.667. The van der Waals surface area contributed by atoms with Crippen LogP contribution in [-0.2, 0) is 15.1 Å². The molecule has 1 aromatic rings. The second kappa shape index (κ2) is 7.29. The predicted octanol–water partition coefficient (Wildman–Crippen LogP) is 2.00. The number of fused-ring (bicyclic) bond motifs is 1.